The molecule has 2 aromatic carbocycles. The minimum Gasteiger partial charge on any atom is -0.494 e. The van der Waals surface area contributed by atoms with Crippen LogP contribution in [-0.4, -0.2) is 56.3 Å². The molecule has 6 nitrogen and oxygen atoms in total. The zero-order chi connectivity index (χ0) is 21.2. The molecule has 0 N–H and O–H groups in total. The number of amides is 1. The van der Waals surface area contributed by atoms with Gasteiger partial charge in [-0.2, -0.15) is 4.31 Å². The van der Waals surface area contributed by atoms with Gasteiger partial charge in [-0.1, -0.05) is 0 Å². The standard InChI is InChI=1S/C20H22F2N2O4S/c1-3-28-19-7-4-15(12-14(19)2)20(25)23-8-10-24(11-9-23)29(26,27)16-5-6-17(21)18(22)13-16/h4-7,12-13H,3,8-11H2,1-2H3. The third-order valence-electron chi connectivity index (χ3n) is 4.78. The van der Waals surface area contributed by atoms with Crippen LogP contribution in [0.25, 0.3) is 0 Å². The van der Waals surface area contributed by atoms with Gasteiger partial charge in [0.15, 0.2) is 11.6 Å². The van der Waals surface area contributed by atoms with Gasteiger partial charge in [-0.3, -0.25) is 4.79 Å². The number of benzene rings is 2. The predicted molar refractivity (Wildman–Crippen MR) is 103 cm³/mol. The normalized spacial score (nSPS) is 15.4. The SMILES string of the molecule is CCOc1ccc(C(=O)N2CCN(S(=O)(=O)c3ccc(F)c(F)c3)CC2)cc1C. The molecular formula is C20H22F2N2O4S. The lowest BCUT2D eigenvalue weighted by Gasteiger charge is -2.34. The van der Waals surface area contributed by atoms with Gasteiger partial charge in [-0.25, -0.2) is 17.2 Å². The maximum absolute atomic E-state index is 13.4. The van der Waals surface area contributed by atoms with Gasteiger partial charge < -0.3 is 9.64 Å². The molecule has 0 bridgehead atoms. The van der Waals surface area contributed by atoms with Crippen molar-refractivity contribution in [3.8, 4) is 5.75 Å². The Bertz CT molecular complexity index is 1020. The molecule has 0 spiro atoms. The summed E-state index contributed by atoms with van der Waals surface area (Å²) >= 11 is 0. The van der Waals surface area contributed by atoms with Crippen molar-refractivity contribution in [3.05, 3.63) is 59.2 Å². The Morgan fingerprint density at radius 1 is 1.03 bits per heavy atom. The third kappa shape index (κ3) is 4.40. The fraction of sp³-hybridized carbons (Fsp3) is 0.350. The quantitative estimate of drug-likeness (QED) is 0.740. The first-order valence-corrected chi connectivity index (χ1v) is 10.7. The van der Waals surface area contributed by atoms with Gasteiger partial charge in [0.25, 0.3) is 5.91 Å². The molecule has 156 valence electrons. The van der Waals surface area contributed by atoms with Crippen LogP contribution in [0, 0.1) is 18.6 Å². The number of hydrogen-bond donors (Lipinski definition) is 0. The van der Waals surface area contributed by atoms with E-state index in [0.29, 0.717) is 24.0 Å². The summed E-state index contributed by atoms with van der Waals surface area (Å²) < 4.78 is 58.5. The largest absolute Gasteiger partial charge is 0.494 e. The Hall–Kier alpha value is -2.52. The second-order valence-electron chi connectivity index (χ2n) is 6.69. The molecule has 0 radical (unpaired) electrons. The van der Waals surface area contributed by atoms with Gasteiger partial charge in [-0.15, -0.1) is 0 Å². The van der Waals surface area contributed by atoms with Crippen molar-refractivity contribution < 1.29 is 26.7 Å². The van der Waals surface area contributed by atoms with Crippen molar-refractivity contribution >= 4 is 15.9 Å². The number of aryl methyl sites for hydroxylation is 1. The lowest BCUT2D eigenvalue weighted by Crippen LogP contribution is -2.50. The van der Waals surface area contributed by atoms with Crippen molar-refractivity contribution in [1.29, 1.82) is 0 Å². The first kappa shape index (κ1) is 21.2. The molecule has 1 saturated heterocycles. The van der Waals surface area contributed by atoms with Crippen LogP contribution < -0.4 is 4.74 Å². The van der Waals surface area contributed by atoms with E-state index in [4.69, 9.17) is 4.74 Å². The summed E-state index contributed by atoms with van der Waals surface area (Å²) in [5, 5.41) is 0. The van der Waals surface area contributed by atoms with E-state index in [1.807, 2.05) is 13.8 Å². The van der Waals surface area contributed by atoms with E-state index in [9.17, 15) is 22.0 Å². The maximum atomic E-state index is 13.4. The Morgan fingerprint density at radius 2 is 1.72 bits per heavy atom. The van der Waals surface area contributed by atoms with Crippen LogP contribution in [-0.2, 0) is 10.0 Å². The fourth-order valence-corrected chi connectivity index (χ4v) is 4.63. The second kappa shape index (κ2) is 8.46. The fourth-order valence-electron chi connectivity index (χ4n) is 3.20. The molecule has 1 aliphatic rings. The van der Waals surface area contributed by atoms with E-state index >= 15 is 0 Å². The Kier molecular flexibility index (Phi) is 6.18. The van der Waals surface area contributed by atoms with Crippen LogP contribution in [0.1, 0.15) is 22.8 Å². The lowest BCUT2D eigenvalue weighted by atomic mass is 10.1. The predicted octanol–water partition coefficient (Wildman–Crippen LogP) is 2.82. The highest BCUT2D eigenvalue weighted by Crippen LogP contribution is 2.22. The molecule has 1 heterocycles. The highest BCUT2D eigenvalue weighted by atomic mass is 32.2. The van der Waals surface area contributed by atoms with Gasteiger partial charge >= 0.3 is 0 Å². The van der Waals surface area contributed by atoms with Crippen molar-refractivity contribution in [1.82, 2.24) is 9.21 Å². The van der Waals surface area contributed by atoms with Crippen LogP contribution in [0.2, 0.25) is 0 Å². The van der Waals surface area contributed by atoms with Crippen molar-refractivity contribution in [2.75, 3.05) is 32.8 Å². The Labute approximate surface area is 168 Å². The highest BCUT2D eigenvalue weighted by molar-refractivity contribution is 7.89. The lowest BCUT2D eigenvalue weighted by molar-refractivity contribution is 0.0697. The zero-order valence-electron chi connectivity index (χ0n) is 16.2. The molecule has 3 rings (SSSR count). The molecule has 0 aliphatic carbocycles. The molecule has 1 aliphatic heterocycles. The molecule has 2 aromatic rings. The Balaban J connectivity index is 1.69. The molecule has 0 unspecified atom stereocenters. The van der Waals surface area contributed by atoms with Gasteiger partial charge in [-0.05, 0) is 55.8 Å². The first-order valence-electron chi connectivity index (χ1n) is 9.22. The van der Waals surface area contributed by atoms with Crippen LogP contribution in [0.4, 0.5) is 8.78 Å². The van der Waals surface area contributed by atoms with Crippen molar-refractivity contribution in [2.45, 2.75) is 18.7 Å². The summed E-state index contributed by atoms with van der Waals surface area (Å²) in [6.45, 7) is 4.82. The van der Waals surface area contributed by atoms with E-state index in [1.54, 1.807) is 23.1 Å². The molecule has 9 heteroatoms. The monoisotopic (exact) mass is 424 g/mol. The summed E-state index contributed by atoms with van der Waals surface area (Å²) in [7, 11) is -3.96. The van der Waals surface area contributed by atoms with E-state index in [-0.39, 0.29) is 37.0 Å². The van der Waals surface area contributed by atoms with Crippen molar-refractivity contribution in [2.24, 2.45) is 0 Å². The summed E-state index contributed by atoms with van der Waals surface area (Å²) in [6, 6.07) is 7.67. The number of hydrogen-bond acceptors (Lipinski definition) is 4. The van der Waals surface area contributed by atoms with E-state index in [1.165, 1.54) is 4.31 Å². The highest BCUT2D eigenvalue weighted by Gasteiger charge is 2.31. The molecular weight excluding hydrogens is 402 g/mol. The first-order chi connectivity index (χ1) is 13.7. The molecule has 29 heavy (non-hydrogen) atoms. The van der Waals surface area contributed by atoms with Crippen LogP contribution in [0.3, 0.4) is 0 Å². The summed E-state index contributed by atoms with van der Waals surface area (Å²) in [5.74, 6) is -1.80. The van der Waals surface area contributed by atoms with Crippen LogP contribution in [0.15, 0.2) is 41.3 Å². The Morgan fingerprint density at radius 3 is 2.31 bits per heavy atom. The van der Waals surface area contributed by atoms with Crippen LogP contribution in [0.5, 0.6) is 5.75 Å². The van der Waals surface area contributed by atoms with Gasteiger partial charge in [0, 0.05) is 31.7 Å². The average Bonchev–Trinajstić information content (AvgIpc) is 2.71. The summed E-state index contributed by atoms with van der Waals surface area (Å²) in [5.41, 5.74) is 1.35. The van der Waals surface area contributed by atoms with Gasteiger partial charge in [0.1, 0.15) is 5.75 Å². The second-order valence-corrected chi connectivity index (χ2v) is 8.62. The molecule has 1 amide bonds. The number of sulfonamides is 1. The minimum absolute atomic E-state index is 0.0725. The molecule has 0 saturated carbocycles. The summed E-state index contributed by atoms with van der Waals surface area (Å²) in [6.07, 6.45) is 0. The van der Waals surface area contributed by atoms with Gasteiger partial charge in [0.2, 0.25) is 10.0 Å². The molecule has 0 atom stereocenters. The number of carbonyl (C=O) groups excluding carboxylic acids is 1. The number of ether oxygens (including phenoxy) is 1. The number of nitrogens with zero attached hydrogens (tertiary/aromatic N) is 2. The number of halogens is 2. The van der Waals surface area contributed by atoms with Crippen molar-refractivity contribution in [3.63, 3.8) is 0 Å². The number of rotatable bonds is 5. The van der Waals surface area contributed by atoms with E-state index in [0.717, 1.165) is 17.7 Å². The zero-order valence-corrected chi connectivity index (χ0v) is 17.0. The number of carbonyl (C=O) groups is 1. The third-order valence-corrected chi connectivity index (χ3v) is 6.67. The molecule has 0 aromatic heterocycles. The number of piperazine rings is 1. The topological polar surface area (TPSA) is 66.9 Å². The summed E-state index contributed by atoms with van der Waals surface area (Å²) in [4.78, 5) is 14.0. The van der Waals surface area contributed by atoms with E-state index in [2.05, 4.69) is 0 Å². The maximum Gasteiger partial charge on any atom is 0.253 e. The van der Waals surface area contributed by atoms with Gasteiger partial charge in [0.05, 0.1) is 11.5 Å². The molecule has 1 fully saturated rings. The van der Waals surface area contributed by atoms with E-state index < -0.39 is 21.7 Å². The van der Waals surface area contributed by atoms with Crippen LogP contribution >= 0.6 is 0 Å². The minimum atomic E-state index is -3.96. The smallest absolute Gasteiger partial charge is 0.253 e. The average molecular weight is 424 g/mol.